The van der Waals surface area contributed by atoms with Gasteiger partial charge < -0.3 is 60.6 Å². The van der Waals surface area contributed by atoms with Crippen LogP contribution in [-0.2, 0) is 28.5 Å². The van der Waals surface area contributed by atoms with E-state index >= 15 is 0 Å². The highest BCUT2D eigenvalue weighted by Crippen LogP contribution is 2.45. The van der Waals surface area contributed by atoms with E-state index in [0.29, 0.717) is 71.5 Å². The summed E-state index contributed by atoms with van der Waals surface area (Å²) >= 11 is 6.12. The second kappa shape index (κ2) is 21.8. The van der Waals surface area contributed by atoms with Crippen LogP contribution in [0.15, 0.2) is 30.5 Å². The molecule has 3 saturated carbocycles. The number of H-pyrrole nitrogens is 1. The van der Waals surface area contributed by atoms with Crippen molar-refractivity contribution in [1.29, 1.82) is 0 Å². The molecule has 2 aromatic heterocycles. The molecule has 1 aromatic carbocycles. The number of nitrogens with two attached hydrogens (primary N) is 1. The van der Waals surface area contributed by atoms with E-state index in [1.54, 1.807) is 18.3 Å². The monoisotopic (exact) mass is 977 g/mol. The Bertz CT molecular complexity index is 2280. The number of carbonyl (C=O) groups excluding carboxylic acids is 3. The highest BCUT2D eigenvalue weighted by atomic mass is 35.5. The fourth-order valence-electron chi connectivity index (χ4n) is 11.9. The van der Waals surface area contributed by atoms with Crippen LogP contribution in [0.25, 0.3) is 11.3 Å². The van der Waals surface area contributed by atoms with Crippen LogP contribution in [0.1, 0.15) is 108 Å². The van der Waals surface area contributed by atoms with Gasteiger partial charge in [0.15, 0.2) is 6.29 Å². The number of benzene rings is 1. The third-order valence-electron chi connectivity index (χ3n) is 15.7. The van der Waals surface area contributed by atoms with Crippen LogP contribution in [0.3, 0.4) is 0 Å². The number of aliphatic hydroxyl groups is 2. The van der Waals surface area contributed by atoms with Crippen LogP contribution in [0, 0.1) is 35.5 Å². The Morgan fingerprint density at radius 2 is 1.68 bits per heavy atom. The lowest BCUT2D eigenvalue weighted by Crippen LogP contribution is -2.64. The quantitative estimate of drug-likeness (QED) is 0.0852. The SMILES string of the molecule is COC(=O)Nc1ccc2c(c1)NC(=O)CC(CC1CCC(CC3CCC(OC[C@@]45CO[C@@H](O4)[C@H](Nc4nc(Cl)cc(OC)n4)[C@@H](O)[C@H]5O)C3)C1)CC[C@H](NC(=O)C1CCC(CN)CC1)c1ncc-2[nH]1. The van der Waals surface area contributed by atoms with Gasteiger partial charge in [-0.25, -0.2) is 14.8 Å². The molecular weight excluding hydrogens is 910 g/mol. The Labute approximate surface area is 407 Å². The molecule has 376 valence electrons. The number of hydrogen-bond acceptors (Lipinski definition) is 15. The smallest absolute Gasteiger partial charge is 0.411 e. The minimum atomic E-state index is -1.29. The Morgan fingerprint density at radius 3 is 2.45 bits per heavy atom. The molecule has 3 amide bonds. The molecule has 69 heavy (non-hydrogen) atoms. The maximum Gasteiger partial charge on any atom is 0.411 e. The fraction of sp³-hybridized carbons (Fsp3) is 0.673. The lowest BCUT2D eigenvalue weighted by molar-refractivity contribution is -0.233. The fourth-order valence-corrected chi connectivity index (χ4v) is 12.1. The second-order valence-electron chi connectivity index (χ2n) is 20.4. The molecule has 6 aliphatic rings. The first kappa shape index (κ1) is 49.4. The van der Waals surface area contributed by atoms with E-state index in [9.17, 15) is 24.6 Å². The van der Waals surface area contributed by atoms with Crippen molar-refractivity contribution in [2.24, 2.45) is 41.2 Å². The van der Waals surface area contributed by atoms with Crippen LogP contribution < -0.4 is 31.7 Å². The van der Waals surface area contributed by atoms with Gasteiger partial charge in [0.25, 0.3) is 0 Å². The summed E-state index contributed by atoms with van der Waals surface area (Å²) in [6.07, 6.45) is 11.2. The van der Waals surface area contributed by atoms with Crippen molar-refractivity contribution in [2.45, 2.75) is 139 Å². The van der Waals surface area contributed by atoms with Crippen LogP contribution in [0.2, 0.25) is 5.15 Å². The van der Waals surface area contributed by atoms with E-state index in [2.05, 4.69) is 36.2 Å². The van der Waals surface area contributed by atoms with Crippen molar-refractivity contribution >= 4 is 46.8 Å². The van der Waals surface area contributed by atoms with E-state index < -0.39 is 36.2 Å². The molecular formula is C49H68ClN9O10. The normalized spacial score (nSPS) is 33.3. The lowest BCUT2D eigenvalue weighted by atomic mass is 9.81. The van der Waals surface area contributed by atoms with Gasteiger partial charge in [-0.3, -0.25) is 14.9 Å². The number of fused-ring (bicyclic) bond motifs is 6. The zero-order valence-corrected chi connectivity index (χ0v) is 40.3. The number of imidazole rings is 1. The molecule has 5 fully saturated rings. The maximum absolute atomic E-state index is 14.0. The third-order valence-corrected chi connectivity index (χ3v) is 15.9. The number of nitrogens with one attached hydrogen (secondary N) is 5. The van der Waals surface area contributed by atoms with Gasteiger partial charge in [0.1, 0.15) is 34.8 Å². The van der Waals surface area contributed by atoms with Crippen molar-refractivity contribution in [3.05, 3.63) is 41.4 Å². The number of amides is 3. The molecule has 4 bridgehead atoms. The zero-order chi connectivity index (χ0) is 48.2. The standard InChI is InChI=1S/C49H68ClN9O10/c1-65-40-21-38(50)57-47(58-40)59-41-42(61)43(62)49(25-68-46(41)69-49)24-67-33-12-7-29(18-33)16-27-3-4-28(15-27)17-30-8-14-35(56-45(63)31-9-5-26(22-51)6-10-31)44-52-23-37(55-44)34-13-11-32(53-48(64)66-2)20-36(34)54-39(60)19-30/h11,13,20-21,23,26-31,33,35,41-43,46,61-62H,3-10,12,14-19,22,24-25,51H2,1-2H3,(H,52,55)(H,53,64)(H,54,60)(H,56,63)(H,57,58,59)/t26?,27?,28?,29?,30?,31?,33?,35-,41+,42+,43+,46-,49-/m0/s1. The van der Waals surface area contributed by atoms with E-state index in [0.717, 1.165) is 83.5 Å². The second-order valence-corrected chi connectivity index (χ2v) is 20.8. The topological polar surface area (TPSA) is 266 Å². The minimum Gasteiger partial charge on any atom is -0.481 e. The van der Waals surface area contributed by atoms with Gasteiger partial charge in [-0.1, -0.05) is 24.4 Å². The van der Waals surface area contributed by atoms with Gasteiger partial charge in [0.2, 0.25) is 23.6 Å². The summed E-state index contributed by atoms with van der Waals surface area (Å²) in [4.78, 5) is 56.6. The Kier molecular flexibility index (Phi) is 15.6. The molecule has 20 heteroatoms. The number of aliphatic hydroxyl groups excluding tert-OH is 2. The predicted molar refractivity (Wildman–Crippen MR) is 255 cm³/mol. The van der Waals surface area contributed by atoms with Crippen molar-refractivity contribution < 1.29 is 48.3 Å². The third kappa shape index (κ3) is 11.6. The first-order valence-corrected chi connectivity index (χ1v) is 25.2. The number of carbonyl (C=O) groups is 3. The molecule has 9 rings (SSSR count). The first-order chi connectivity index (χ1) is 33.4. The van der Waals surface area contributed by atoms with Gasteiger partial charge in [-0.05, 0) is 131 Å². The van der Waals surface area contributed by atoms with Crippen LogP contribution in [0.4, 0.5) is 22.1 Å². The molecule has 0 radical (unpaired) electrons. The van der Waals surface area contributed by atoms with E-state index in [1.165, 1.54) is 20.3 Å². The van der Waals surface area contributed by atoms with Crippen molar-refractivity contribution in [3.63, 3.8) is 0 Å². The summed E-state index contributed by atoms with van der Waals surface area (Å²) in [7, 11) is 2.76. The van der Waals surface area contributed by atoms with E-state index in [-0.39, 0.29) is 66.0 Å². The highest BCUT2D eigenvalue weighted by molar-refractivity contribution is 6.29. The summed E-state index contributed by atoms with van der Waals surface area (Å²) in [5.41, 5.74) is 7.17. The molecule has 19 nitrogen and oxygen atoms in total. The molecule has 3 aromatic rings. The molecule has 3 aliphatic carbocycles. The van der Waals surface area contributed by atoms with Crippen LogP contribution >= 0.6 is 11.6 Å². The average molecular weight is 979 g/mol. The molecule has 3 aliphatic heterocycles. The van der Waals surface area contributed by atoms with Crippen LogP contribution in [0.5, 0.6) is 5.88 Å². The van der Waals surface area contributed by atoms with E-state index in [4.69, 9.17) is 46.0 Å². The van der Waals surface area contributed by atoms with Gasteiger partial charge in [0, 0.05) is 29.7 Å². The lowest BCUT2D eigenvalue weighted by Gasteiger charge is -2.43. The largest absolute Gasteiger partial charge is 0.481 e. The molecule has 11 atom stereocenters. The number of anilines is 3. The minimum absolute atomic E-state index is 0.00332. The van der Waals surface area contributed by atoms with Gasteiger partial charge in [-0.15, -0.1) is 0 Å². The number of hydrogen-bond donors (Lipinski definition) is 8. The van der Waals surface area contributed by atoms with Crippen molar-refractivity contribution in [2.75, 3.05) is 49.9 Å². The number of nitrogens with zero attached hydrogens (tertiary/aromatic N) is 3. The number of rotatable bonds is 14. The molecule has 2 saturated heterocycles. The van der Waals surface area contributed by atoms with Crippen LogP contribution in [-0.4, -0.2) is 118 Å². The summed E-state index contributed by atoms with van der Waals surface area (Å²) in [6, 6.07) is 5.55. The van der Waals surface area contributed by atoms with Gasteiger partial charge in [0.05, 0.1) is 57.2 Å². The van der Waals surface area contributed by atoms with Gasteiger partial charge >= 0.3 is 6.09 Å². The zero-order valence-electron chi connectivity index (χ0n) is 39.5. The number of aromatic nitrogens is 4. The average Bonchev–Trinajstić information content (AvgIpc) is 4.18. The predicted octanol–water partition coefficient (Wildman–Crippen LogP) is 6.08. The summed E-state index contributed by atoms with van der Waals surface area (Å²) in [6.45, 7) is 0.802. The Morgan fingerprint density at radius 1 is 0.942 bits per heavy atom. The maximum atomic E-state index is 14.0. The summed E-state index contributed by atoms with van der Waals surface area (Å²) < 4.78 is 28.6. The number of halogens is 1. The Balaban J connectivity index is 0.802. The first-order valence-electron chi connectivity index (χ1n) is 24.8. The number of aromatic amines is 1. The molecule has 9 N–H and O–H groups in total. The summed E-state index contributed by atoms with van der Waals surface area (Å²) in [5.74, 6) is 2.98. The molecule has 0 spiro atoms. The van der Waals surface area contributed by atoms with Crippen molar-refractivity contribution in [1.82, 2.24) is 25.3 Å². The highest BCUT2D eigenvalue weighted by Gasteiger charge is 2.60. The Hall–Kier alpha value is -4.63. The number of ether oxygens (including phenoxy) is 5. The molecule has 5 unspecified atom stereocenters. The van der Waals surface area contributed by atoms with Gasteiger partial charge in [-0.2, -0.15) is 4.98 Å². The number of methoxy groups -OCH3 is 2. The van der Waals surface area contributed by atoms with E-state index in [1.807, 2.05) is 6.07 Å². The van der Waals surface area contributed by atoms with Crippen molar-refractivity contribution in [3.8, 4) is 17.1 Å². The molecule has 5 heterocycles. The summed E-state index contributed by atoms with van der Waals surface area (Å²) in [5, 5.41) is 35.0.